The summed E-state index contributed by atoms with van der Waals surface area (Å²) in [6.07, 6.45) is 6.93. The summed E-state index contributed by atoms with van der Waals surface area (Å²) in [6.45, 7) is 11.9. The molecule has 1 saturated heterocycles. The van der Waals surface area contributed by atoms with Gasteiger partial charge in [0.15, 0.2) is 0 Å². The summed E-state index contributed by atoms with van der Waals surface area (Å²) in [6, 6.07) is 1.38. The SMILES string of the molecule is CCCC1C(CC)CCC(C)C(C)NC1C. The fraction of sp³-hybridized carbons (Fsp3) is 1.00. The lowest BCUT2D eigenvalue weighted by molar-refractivity contribution is 0.162. The summed E-state index contributed by atoms with van der Waals surface area (Å²) >= 11 is 0. The van der Waals surface area contributed by atoms with Gasteiger partial charge < -0.3 is 5.32 Å². The summed E-state index contributed by atoms with van der Waals surface area (Å²) < 4.78 is 0. The summed E-state index contributed by atoms with van der Waals surface area (Å²) in [7, 11) is 0. The fourth-order valence-corrected chi connectivity index (χ4v) is 3.38. The third-order valence-corrected chi connectivity index (χ3v) is 4.77. The second-order valence-electron chi connectivity index (χ2n) is 5.92. The molecule has 1 heteroatoms. The molecule has 0 radical (unpaired) electrons. The van der Waals surface area contributed by atoms with Gasteiger partial charge in [-0.3, -0.25) is 0 Å². The molecule has 1 aliphatic heterocycles. The average molecular weight is 225 g/mol. The summed E-state index contributed by atoms with van der Waals surface area (Å²) in [5, 5.41) is 3.83. The average Bonchev–Trinajstić information content (AvgIpc) is 2.26. The molecule has 0 saturated carbocycles. The van der Waals surface area contributed by atoms with Crippen molar-refractivity contribution in [3.8, 4) is 0 Å². The Morgan fingerprint density at radius 2 is 1.69 bits per heavy atom. The van der Waals surface area contributed by atoms with Crippen molar-refractivity contribution >= 4 is 0 Å². The first-order valence-corrected chi connectivity index (χ1v) is 7.36. The Hall–Kier alpha value is -0.0400. The van der Waals surface area contributed by atoms with Crippen LogP contribution in [0.3, 0.4) is 0 Å². The summed E-state index contributed by atoms with van der Waals surface area (Å²) in [4.78, 5) is 0. The number of rotatable bonds is 3. The molecule has 5 unspecified atom stereocenters. The zero-order valence-corrected chi connectivity index (χ0v) is 11.9. The van der Waals surface area contributed by atoms with Gasteiger partial charge in [0.1, 0.15) is 0 Å². The zero-order valence-electron chi connectivity index (χ0n) is 11.9. The largest absolute Gasteiger partial charge is 0.311 e. The lowest BCUT2D eigenvalue weighted by atomic mass is 9.75. The van der Waals surface area contributed by atoms with Crippen molar-refractivity contribution in [3.63, 3.8) is 0 Å². The van der Waals surface area contributed by atoms with Crippen LogP contribution in [-0.2, 0) is 0 Å². The van der Waals surface area contributed by atoms with E-state index in [9.17, 15) is 0 Å². The van der Waals surface area contributed by atoms with Gasteiger partial charge in [0.05, 0.1) is 0 Å². The molecule has 0 amide bonds. The van der Waals surface area contributed by atoms with Crippen molar-refractivity contribution in [2.24, 2.45) is 17.8 Å². The van der Waals surface area contributed by atoms with E-state index in [0.29, 0.717) is 12.1 Å². The van der Waals surface area contributed by atoms with Crippen LogP contribution in [0.2, 0.25) is 0 Å². The molecule has 1 N–H and O–H groups in total. The van der Waals surface area contributed by atoms with Crippen molar-refractivity contribution in [3.05, 3.63) is 0 Å². The van der Waals surface area contributed by atoms with Gasteiger partial charge in [-0.1, -0.05) is 33.6 Å². The molecule has 0 aromatic carbocycles. The number of hydrogen-bond acceptors (Lipinski definition) is 1. The standard InChI is InChI=1S/C15H31N/c1-6-8-15-13(5)16-12(4)11(3)9-10-14(15)7-2/h11-16H,6-10H2,1-5H3. The molecule has 1 aliphatic rings. The van der Waals surface area contributed by atoms with E-state index in [-0.39, 0.29) is 0 Å². The van der Waals surface area contributed by atoms with E-state index in [2.05, 4.69) is 39.9 Å². The van der Waals surface area contributed by atoms with E-state index >= 15 is 0 Å². The molecule has 1 rings (SSSR count). The highest BCUT2D eigenvalue weighted by Gasteiger charge is 2.29. The number of nitrogens with one attached hydrogen (secondary N) is 1. The van der Waals surface area contributed by atoms with E-state index in [4.69, 9.17) is 0 Å². The Kier molecular flexibility index (Phi) is 5.82. The smallest absolute Gasteiger partial charge is 0.00722 e. The molecule has 1 fully saturated rings. The van der Waals surface area contributed by atoms with Crippen LogP contribution in [-0.4, -0.2) is 12.1 Å². The molecular formula is C15H31N. The van der Waals surface area contributed by atoms with Gasteiger partial charge in [0, 0.05) is 12.1 Å². The Bertz CT molecular complexity index is 190. The predicted molar refractivity (Wildman–Crippen MR) is 72.6 cm³/mol. The van der Waals surface area contributed by atoms with Crippen molar-refractivity contribution in [1.82, 2.24) is 5.32 Å². The third-order valence-electron chi connectivity index (χ3n) is 4.77. The van der Waals surface area contributed by atoms with Crippen LogP contribution in [0, 0.1) is 17.8 Å². The van der Waals surface area contributed by atoms with E-state index in [1.54, 1.807) is 0 Å². The number of hydrogen-bond donors (Lipinski definition) is 1. The van der Waals surface area contributed by atoms with E-state index in [0.717, 1.165) is 17.8 Å². The highest BCUT2D eigenvalue weighted by atomic mass is 15.0. The molecule has 0 spiro atoms. The first-order valence-electron chi connectivity index (χ1n) is 7.36. The Morgan fingerprint density at radius 1 is 1.00 bits per heavy atom. The van der Waals surface area contributed by atoms with Gasteiger partial charge in [-0.25, -0.2) is 0 Å². The molecular weight excluding hydrogens is 194 g/mol. The van der Waals surface area contributed by atoms with Crippen LogP contribution < -0.4 is 5.32 Å². The van der Waals surface area contributed by atoms with Crippen LogP contribution in [0.1, 0.15) is 66.7 Å². The minimum Gasteiger partial charge on any atom is -0.311 e. The summed E-state index contributed by atoms with van der Waals surface area (Å²) in [5.74, 6) is 2.67. The van der Waals surface area contributed by atoms with Gasteiger partial charge >= 0.3 is 0 Å². The van der Waals surface area contributed by atoms with Crippen LogP contribution >= 0.6 is 0 Å². The second kappa shape index (κ2) is 6.64. The van der Waals surface area contributed by atoms with E-state index in [1.165, 1.54) is 32.1 Å². The predicted octanol–water partition coefficient (Wildman–Crippen LogP) is 4.23. The first kappa shape index (κ1) is 14.0. The maximum Gasteiger partial charge on any atom is 0.00722 e. The lowest BCUT2D eigenvalue weighted by Gasteiger charge is -2.38. The summed E-state index contributed by atoms with van der Waals surface area (Å²) in [5.41, 5.74) is 0. The molecule has 1 heterocycles. The van der Waals surface area contributed by atoms with Crippen LogP contribution in [0.5, 0.6) is 0 Å². The Balaban J connectivity index is 2.70. The van der Waals surface area contributed by atoms with Crippen molar-refractivity contribution in [1.29, 1.82) is 0 Å². The minimum absolute atomic E-state index is 0.687. The highest BCUT2D eigenvalue weighted by Crippen LogP contribution is 2.32. The maximum absolute atomic E-state index is 3.83. The van der Waals surface area contributed by atoms with Gasteiger partial charge in [0.2, 0.25) is 0 Å². The lowest BCUT2D eigenvalue weighted by Crippen LogP contribution is -2.46. The molecule has 0 aromatic heterocycles. The van der Waals surface area contributed by atoms with Gasteiger partial charge in [0.25, 0.3) is 0 Å². The Morgan fingerprint density at radius 3 is 2.25 bits per heavy atom. The molecule has 96 valence electrons. The molecule has 5 atom stereocenters. The molecule has 0 aromatic rings. The van der Waals surface area contributed by atoms with Crippen molar-refractivity contribution in [2.75, 3.05) is 0 Å². The normalized spacial score (nSPS) is 41.4. The quantitative estimate of drug-likeness (QED) is 0.758. The van der Waals surface area contributed by atoms with Crippen molar-refractivity contribution < 1.29 is 0 Å². The third kappa shape index (κ3) is 3.48. The zero-order chi connectivity index (χ0) is 12.1. The monoisotopic (exact) mass is 225 g/mol. The van der Waals surface area contributed by atoms with Crippen LogP contribution in [0.4, 0.5) is 0 Å². The maximum atomic E-state index is 3.83. The molecule has 1 nitrogen and oxygen atoms in total. The van der Waals surface area contributed by atoms with E-state index in [1.807, 2.05) is 0 Å². The fourth-order valence-electron chi connectivity index (χ4n) is 3.38. The molecule has 0 bridgehead atoms. The topological polar surface area (TPSA) is 12.0 Å². The molecule has 0 aliphatic carbocycles. The van der Waals surface area contributed by atoms with Gasteiger partial charge in [-0.15, -0.1) is 0 Å². The van der Waals surface area contributed by atoms with Gasteiger partial charge in [-0.2, -0.15) is 0 Å². The highest BCUT2D eigenvalue weighted by molar-refractivity contribution is 4.85. The first-order chi connectivity index (χ1) is 7.60. The Labute approximate surface area is 102 Å². The van der Waals surface area contributed by atoms with Crippen molar-refractivity contribution in [2.45, 2.75) is 78.8 Å². The second-order valence-corrected chi connectivity index (χ2v) is 5.92. The molecule has 16 heavy (non-hydrogen) atoms. The minimum atomic E-state index is 0.687. The van der Waals surface area contributed by atoms with Gasteiger partial charge in [-0.05, 0) is 50.9 Å². The van der Waals surface area contributed by atoms with E-state index < -0.39 is 0 Å². The van der Waals surface area contributed by atoms with Crippen LogP contribution in [0.15, 0.2) is 0 Å². The van der Waals surface area contributed by atoms with Crippen LogP contribution in [0.25, 0.3) is 0 Å².